The summed E-state index contributed by atoms with van der Waals surface area (Å²) in [5.74, 6) is -0.0963. The van der Waals surface area contributed by atoms with Crippen molar-refractivity contribution in [2.24, 2.45) is 0 Å². The molecule has 0 aromatic heterocycles. The molecule has 0 spiro atoms. The molecule has 190 valence electrons. The topological polar surface area (TPSA) is 97.0 Å². The van der Waals surface area contributed by atoms with Gasteiger partial charge < -0.3 is 25.0 Å². The van der Waals surface area contributed by atoms with E-state index in [9.17, 15) is 14.4 Å². The molecule has 35 heavy (non-hydrogen) atoms. The molecule has 8 heteroatoms. The SMILES string of the molecule is CCc1ccc(C(C(=O)Nc2ccc(OC)cc2)N(C(=O)CNC(=O)OC(C)(C)C)C(C)C)cc1. The van der Waals surface area contributed by atoms with E-state index in [-0.39, 0.29) is 18.5 Å². The van der Waals surface area contributed by atoms with Gasteiger partial charge >= 0.3 is 6.09 Å². The van der Waals surface area contributed by atoms with E-state index in [4.69, 9.17) is 9.47 Å². The third-order valence-corrected chi connectivity index (χ3v) is 5.21. The van der Waals surface area contributed by atoms with Crippen molar-refractivity contribution in [2.75, 3.05) is 19.0 Å². The molecule has 0 saturated carbocycles. The molecule has 0 saturated heterocycles. The minimum Gasteiger partial charge on any atom is -0.497 e. The lowest BCUT2D eigenvalue weighted by atomic mass is 10.00. The number of aryl methyl sites for hydroxylation is 1. The van der Waals surface area contributed by atoms with E-state index in [0.29, 0.717) is 17.0 Å². The molecule has 2 aromatic carbocycles. The van der Waals surface area contributed by atoms with Gasteiger partial charge in [-0.15, -0.1) is 0 Å². The molecule has 0 aliphatic carbocycles. The van der Waals surface area contributed by atoms with Gasteiger partial charge in [0.15, 0.2) is 0 Å². The summed E-state index contributed by atoms with van der Waals surface area (Å²) in [5, 5.41) is 5.41. The number of rotatable bonds is 9. The van der Waals surface area contributed by atoms with Crippen LogP contribution in [0.5, 0.6) is 5.75 Å². The Morgan fingerprint density at radius 1 is 0.971 bits per heavy atom. The number of anilines is 1. The minimum absolute atomic E-state index is 0.299. The average molecular weight is 484 g/mol. The van der Waals surface area contributed by atoms with Crippen LogP contribution in [0, 0.1) is 0 Å². The maximum absolute atomic E-state index is 13.5. The molecule has 1 atom stereocenters. The first-order valence-electron chi connectivity index (χ1n) is 11.8. The van der Waals surface area contributed by atoms with E-state index >= 15 is 0 Å². The van der Waals surface area contributed by atoms with E-state index in [0.717, 1.165) is 12.0 Å². The number of nitrogens with zero attached hydrogens (tertiary/aromatic N) is 1. The Kier molecular flexibility index (Phi) is 9.68. The van der Waals surface area contributed by atoms with Gasteiger partial charge in [-0.3, -0.25) is 9.59 Å². The molecule has 0 aliphatic rings. The lowest BCUT2D eigenvalue weighted by Crippen LogP contribution is -2.49. The molecule has 0 aliphatic heterocycles. The Balaban J connectivity index is 2.33. The second-order valence-corrected chi connectivity index (χ2v) is 9.47. The highest BCUT2D eigenvalue weighted by atomic mass is 16.6. The Morgan fingerprint density at radius 2 is 1.57 bits per heavy atom. The summed E-state index contributed by atoms with van der Waals surface area (Å²) >= 11 is 0. The van der Waals surface area contributed by atoms with Gasteiger partial charge in [0.2, 0.25) is 5.91 Å². The third-order valence-electron chi connectivity index (χ3n) is 5.21. The van der Waals surface area contributed by atoms with Crippen LogP contribution in [-0.2, 0) is 20.7 Å². The summed E-state index contributed by atoms with van der Waals surface area (Å²) in [4.78, 5) is 40.4. The molecule has 0 radical (unpaired) electrons. The molecule has 2 rings (SSSR count). The van der Waals surface area contributed by atoms with Crippen LogP contribution in [0.25, 0.3) is 0 Å². The Labute approximate surface area is 208 Å². The van der Waals surface area contributed by atoms with Gasteiger partial charge in [-0.05, 0) is 76.4 Å². The maximum atomic E-state index is 13.5. The normalized spacial score (nSPS) is 12.0. The highest BCUT2D eigenvalue weighted by Gasteiger charge is 2.33. The fourth-order valence-electron chi connectivity index (χ4n) is 3.54. The van der Waals surface area contributed by atoms with Gasteiger partial charge in [-0.1, -0.05) is 31.2 Å². The van der Waals surface area contributed by atoms with Crippen molar-refractivity contribution in [3.8, 4) is 5.75 Å². The number of methoxy groups -OCH3 is 1. The van der Waals surface area contributed by atoms with Gasteiger partial charge in [0.05, 0.1) is 7.11 Å². The van der Waals surface area contributed by atoms with Crippen molar-refractivity contribution in [1.82, 2.24) is 10.2 Å². The van der Waals surface area contributed by atoms with Crippen molar-refractivity contribution in [3.05, 3.63) is 59.7 Å². The summed E-state index contributed by atoms with van der Waals surface area (Å²) in [6, 6.07) is 13.4. The first-order valence-corrected chi connectivity index (χ1v) is 11.8. The van der Waals surface area contributed by atoms with Gasteiger partial charge in [0.25, 0.3) is 5.91 Å². The number of benzene rings is 2. The quantitative estimate of drug-likeness (QED) is 0.539. The predicted octanol–water partition coefficient (Wildman–Crippen LogP) is 4.70. The first-order chi connectivity index (χ1) is 16.4. The number of ether oxygens (including phenoxy) is 2. The van der Waals surface area contributed by atoms with Crippen LogP contribution < -0.4 is 15.4 Å². The summed E-state index contributed by atoms with van der Waals surface area (Å²) in [6.07, 6.45) is 0.163. The predicted molar refractivity (Wildman–Crippen MR) is 136 cm³/mol. The number of hydrogen-bond donors (Lipinski definition) is 2. The fourth-order valence-corrected chi connectivity index (χ4v) is 3.54. The smallest absolute Gasteiger partial charge is 0.408 e. The molecular weight excluding hydrogens is 446 g/mol. The molecule has 0 fully saturated rings. The van der Waals surface area contributed by atoms with Crippen LogP contribution in [0.4, 0.5) is 10.5 Å². The lowest BCUT2D eigenvalue weighted by Gasteiger charge is -2.35. The van der Waals surface area contributed by atoms with E-state index < -0.39 is 23.6 Å². The minimum atomic E-state index is -0.907. The highest BCUT2D eigenvalue weighted by molar-refractivity contribution is 5.98. The Hall–Kier alpha value is -3.55. The van der Waals surface area contributed by atoms with Crippen LogP contribution in [0.2, 0.25) is 0 Å². The summed E-state index contributed by atoms with van der Waals surface area (Å²) in [5.41, 5.74) is 1.69. The average Bonchev–Trinajstić information content (AvgIpc) is 2.80. The first kappa shape index (κ1) is 27.7. The second-order valence-electron chi connectivity index (χ2n) is 9.47. The molecule has 0 heterocycles. The van der Waals surface area contributed by atoms with Crippen molar-refractivity contribution < 1.29 is 23.9 Å². The second kappa shape index (κ2) is 12.2. The molecular formula is C27H37N3O5. The zero-order valence-corrected chi connectivity index (χ0v) is 21.7. The number of nitrogens with one attached hydrogen (secondary N) is 2. The van der Waals surface area contributed by atoms with Crippen LogP contribution in [0.1, 0.15) is 58.7 Å². The van der Waals surface area contributed by atoms with E-state index in [1.54, 1.807) is 52.1 Å². The molecule has 2 N–H and O–H groups in total. The number of carbonyl (C=O) groups excluding carboxylic acids is 3. The van der Waals surface area contributed by atoms with Gasteiger partial charge in [-0.2, -0.15) is 0 Å². The number of carbonyl (C=O) groups is 3. The summed E-state index contributed by atoms with van der Waals surface area (Å²) in [7, 11) is 1.57. The Bertz CT molecular complexity index is 995. The largest absolute Gasteiger partial charge is 0.497 e. The Morgan fingerprint density at radius 3 is 2.06 bits per heavy atom. The van der Waals surface area contributed by atoms with Gasteiger partial charge in [0.1, 0.15) is 23.9 Å². The zero-order valence-electron chi connectivity index (χ0n) is 21.7. The summed E-state index contributed by atoms with van der Waals surface area (Å²) < 4.78 is 10.4. The van der Waals surface area contributed by atoms with Crippen LogP contribution in [-0.4, -0.2) is 48.1 Å². The molecule has 1 unspecified atom stereocenters. The lowest BCUT2D eigenvalue weighted by molar-refractivity contribution is -0.140. The van der Waals surface area contributed by atoms with E-state index in [2.05, 4.69) is 17.6 Å². The van der Waals surface area contributed by atoms with Crippen molar-refractivity contribution in [3.63, 3.8) is 0 Å². The summed E-state index contributed by atoms with van der Waals surface area (Å²) in [6.45, 7) is 10.7. The van der Waals surface area contributed by atoms with E-state index in [1.165, 1.54) is 4.90 Å². The van der Waals surface area contributed by atoms with Gasteiger partial charge in [-0.25, -0.2) is 4.79 Å². The van der Waals surface area contributed by atoms with Crippen molar-refractivity contribution in [2.45, 2.75) is 65.6 Å². The number of alkyl carbamates (subject to hydrolysis) is 1. The monoisotopic (exact) mass is 483 g/mol. The zero-order chi connectivity index (χ0) is 26.2. The molecule has 2 aromatic rings. The fraction of sp³-hybridized carbons (Fsp3) is 0.444. The van der Waals surface area contributed by atoms with Crippen LogP contribution in [0.3, 0.4) is 0 Å². The number of hydrogen-bond acceptors (Lipinski definition) is 5. The van der Waals surface area contributed by atoms with Crippen LogP contribution >= 0.6 is 0 Å². The van der Waals surface area contributed by atoms with Crippen molar-refractivity contribution >= 4 is 23.6 Å². The number of amides is 3. The van der Waals surface area contributed by atoms with Crippen molar-refractivity contribution in [1.29, 1.82) is 0 Å². The van der Waals surface area contributed by atoms with Crippen LogP contribution in [0.15, 0.2) is 48.5 Å². The molecule has 3 amide bonds. The van der Waals surface area contributed by atoms with Gasteiger partial charge in [0, 0.05) is 11.7 Å². The highest BCUT2D eigenvalue weighted by Crippen LogP contribution is 2.27. The molecule has 8 nitrogen and oxygen atoms in total. The maximum Gasteiger partial charge on any atom is 0.408 e. The molecule has 0 bridgehead atoms. The third kappa shape index (κ3) is 8.31. The standard InChI is InChI=1S/C27H37N3O5/c1-8-19-9-11-20(12-10-19)24(25(32)29-21-13-15-22(34-7)16-14-21)30(18(2)3)23(31)17-28-26(33)35-27(4,5)6/h9-16,18,24H,8,17H2,1-7H3,(H,28,33)(H,29,32). The van der Waals surface area contributed by atoms with E-state index in [1.807, 2.05) is 38.1 Å².